The molecular weight excluding hydrogens is 225 g/mol. The minimum absolute atomic E-state index is 0.0278. The quantitative estimate of drug-likeness (QED) is 0.572. The van der Waals surface area contributed by atoms with Crippen LogP contribution in [0.1, 0.15) is 19.3 Å². The van der Waals surface area contributed by atoms with E-state index in [2.05, 4.69) is 0 Å². The molecule has 0 spiro atoms. The molecule has 0 radical (unpaired) electrons. The van der Waals surface area contributed by atoms with Gasteiger partial charge in [0.05, 0.1) is 6.26 Å². The third kappa shape index (κ3) is 41.4. The van der Waals surface area contributed by atoms with Gasteiger partial charge in [-0.1, -0.05) is 0 Å². The van der Waals surface area contributed by atoms with Crippen molar-refractivity contribution in [1.29, 1.82) is 0 Å². The molecule has 4 nitrogen and oxygen atoms in total. The van der Waals surface area contributed by atoms with E-state index in [1.165, 1.54) is 0 Å². The first-order valence-electron chi connectivity index (χ1n) is 3.66. The molecule has 0 aromatic carbocycles. The van der Waals surface area contributed by atoms with Gasteiger partial charge < -0.3 is 5.11 Å². The molecule has 0 atom stereocenters. The zero-order valence-corrected chi connectivity index (χ0v) is 8.40. The first-order valence-corrected chi connectivity index (χ1v) is 5.51. The second-order valence-corrected chi connectivity index (χ2v) is 3.99. The van der Waals surface area contributed by atoms with Crippen LogP contribution < -0.4 is 0 Å². The van der Waals surface area contributed by atoms with Gasteiger partial charge in [0.2, 0.25) is 0 Å². The van der Waals surface area contributed by atoms with Crippen LogP contribution in [0.4, 0.5) is 13.2 Å². The lowest BCUT2D eigenvalue weighted by Gasteiger charge is -2.03. The minimum Gasteiger partial charge on any atom is -0.396 e. The van der Waals surface area contributed by atoms with Gasteiger partial charge in [-0.15, -0.1) is 0 Å². The lowest BCUT2D eigenvalue weighted by molar-refractivity contribution is -0.135. The molecule has 0 aliphatic carbocycles. The van der Waals surface area contributed by atoms with Crippen molar-refractivity contribution >= 4 is 10.1 Å². The van der Waals surface area contributed by atoms with Gasteiger partial charge in [0.25, 0.3) is 10.1 Å². The van der Waals surface area contributed by atoms with E-state index in [0.717, 1.165) is 0 Å². The summed E-state index contributed by atoms with van der Waals surface area (Å²) in [5.74, 6) is 0. The Hall–Kier alpha value is -0.340. The monoisotopic (exact) mass is 238 g/mol. The van der Waals surface area contributed by atoms with Gasteiger partial charge in [0.1, 0.15) is 0 Å². The molecule has 2 N–H and O–H groups in total. The molecule has 0 unspecified atom stereocenters. The van der Waals surface area contributed by atoms with Gasteiger partial charge >= 0.3 is 6.18 Å². The van der Waals surface area contributed by atoms with Gasteiger partial charge in [-0.3, -0.25) is 4.55 Å². The van der Waals surface area contributed by atoms with Crippen LogP contribution in [0, 0.1) is 0 Å². The summed E-state index contributed by atoms with van der Waals surface area (Å²) in [6.07, 6.45) is -3.87. The fourth-order valence-corrected chi connectivity index (χ4v) is 0.437. The molecule has 0 fully saturated rings. The highest BCUT2D eigenvalue weighted by molar-refractivity contribution is 7.85. The van der Waals surface area contributed by atoms with Crippen molar-refractivity contribution in [2.45, 2.75) is 25.4 Å². The Morgan fingerprint density at radius 1 is 1.21 bits per heavy atom. The predicted octanol–water partition coefficient (Wildman–Crippen LogP) is 1.22. The third-order valence-corrected chi connectivity index (χ3v) is 0.868. The molecule has 88 valence electrons. The summed E-state index contributed by atoms with van der Waals surface area (Å²) in [6, 6.07) is 0. The van der Waals surface area contributed by atoms with Gasteiger partial charge in [0.15, 0.2) is 0 Å². The van der Waals surface area contributed by atoms with E-state index in [1.54, 1.807) is 0 Å². The summed E-state index contributed by atoms with van der Waals surface area (Å²) in [4.78, 5) is 0. The largest absolute Gasteiger partial charge is 0.396 e. The number of alkyl halides is 3. The van der Waals surface area contributed by atoms with Crippen molar-refractivity contribution < 1.29 is 31.2 Å². The van der Waals surface area contributed by atoms with Crippen LogP contribution in [0.2, 0.25) is 0 Å². The maximum atomic E-state index is 11.3. The minimum atomic E-state index is -4.06. The molecule has 8 heteroatoms. The molecule has 0 rings (SSSR count). The van der Waals surface area contributed by atoms with E-state index in [0.29, 0.717) is 6.26 Å². The molecule has 0 aliphatic rings. The highest BCUT2D eigenvalue weighted by Crippen LogP contribution is 2.21. The Morgan fingerprint density at radius 2 is 1.57 bits per heavy atom. The molecule has 0 aromatic rings. The van der Waals surface area contributed by atoms with Crippen LogP contribution in [0.5, 0.6) is 0 Å². The van der Waals surface area contributed by atoms with Crippen molar-refractivity contribution in [3.63, 3.8) is 0 Å². The molecule has 14 heavy (non-hydrogen) atoms. The molecule has 0 aliphatic heterocycles. The number of halogens is 3. The zero-order chi connectivity index (χ0) is 11.8. The Kier molecular flexibility index (Phi) is 8.07. The summed E-state index contributed by atoms with van der Waals surface area (Å²) < 4.78 is 59.8. The van der Waals surface area contributed by atoms with E-state index in [4.69, 9.17) is 9.66 Å². The first kappa shape index (κ1) is 16.1. The van der Waals surface area contributed by atoms with E-state index in [-0.39, 0.29) is 19.4 Å². The van der Waals surface area contributed by atoms with Crippen LogP contribution in [0.3, 0.4) is 0 Å². The first-order chi connectivity index (χ1) is 6.06. The highest BCUT2D eigenvalue weighted by atomic mass is 32.2. The second-order valence-electron chi connectivity index (χ2n) is 2.53. The van der Waals surface area contributed by atoms with Gasteiger partial charge in [-0.25, -0.2) is 0 Å². The number of hydrogen-bond acceptors (Lipinski definition) is 3. The Balaban J connectivity index is 0. The van der Waals surface area contributed by atoms with Gasteiger partial charge in [-0.05, 0) is 12.8 Å². The molecule has 0 aromatic heterocycles. The number of aliphatic hydroxyl groups excluding tert-OH is 1. The van der Waals surface area contributed by atoms with Crippen LogP contribution in [0.25, 0.3) is 0 Å². The Bertz CT molecular complexity index is 214. The van der Waals surface area contributed by atoms with Gasteiger partial charge in [0, 0.05) is 13.0 Å². The lowest BCUT2D eigenvalue weighted by Crippen LogP contribution is -2.06. The molecule has 0 amide bonds. The smallest absolute Gasteiger partial charge is 0.389 e. The Labute approximate surface area is 80.5 Å². The molecule has 0 saturated heterocycles. The summed E-state index contributed by atoms with van der Waals surface area (Å²) >= 11 is 0. The zero-order valence-electron chi connectivity index (χ0n) is 7.58. The molecule has 0 bridgehead atoms. The van der Waals surface area contributed by atoms with Crippen LogP contribution in [0.15, 0.2) is 0 Å². The molecule has 0 heterocycles. The average molecular weight is 238 g/mol. The third-order valence-electron chi connectivity index (χ3n) is 0.868. The molecule has 0 saturated carbocycles. The van der Waals surface area contributed by atoms with Crippen LogP contribution >= 0.6 is 0 Å². The lowest BCUT2D eigenvalue weighted by atomic mass is 10.2. The van der Waals surface area contributed by atoms with E-state index in [1.807, 2.05) is 0 Å². The topological polar surface area (TPSA) is 74.6 Å². The van der Waals surface area contributed by atoms with Crippen molar-refractivity contribution in [3.8, 4) is 0 Å². The van der Waals surface area contributed by atoms with Crippen LogP contribution in [-0.2, 0) is 10.1 Å². The van der Waals surface area contributed by atoms with E-state index >= 15 is 0 Å². The second kappa shape index (κ2) is 7.02. The van der Waals surface area contributed by atoms with Crippen molar-refractivity contribution in [1.82, 2.24) is 0 Å². The standard InChI is InChI=1S/C5H9F3O.CH4O3S/c6-5(7,8)3-1-2-4-9;1-5(2,3)4/h9H,1-4H2;1H3,(H,2,3,4). The highest BCUT2D eigenvalue weighted by Gasteiger charge is 2.25. The number of unbranched alkanes of at least 4 members (excludes halogenated alkanes) is 1. The van der Waals surface area contributed by atoms with Crippen molar-refractivity contribution in [2.24, 2.45) is 0 Å². The predicted molar refractivity (Wildman–Crippen MR) is 44.5 cm³/mol. The van der Waals surface area contributed by atoms with Crippen LogP contribution in [-0.4, -0.2) is 37.1 Å². The summed E-state index contributed by atoms with van der Waals surface area (Å²) in [5.41, 5.74) is 0. The maximum Gasteiger partial charge on any atom is 0.389 e. The van der Waals surface area contributed by atoms with Crippen molar-refractivity contribution in [3.05, 3.63) is 0 Å². The number of rotatable bonds is 3. The SMILES string of the molecule is CS(=O)(=O)O.OCCCCC(F)(F)F. The summed E-state index contributed by atoms with van der Waals surface area (Å²) in [5, 5.41) is 8.10. The summed E-state index contributed by atoms with van der Waals surface area (Å²) in [7, 11) is -3.67. The maximum absolute atomic E-state index is 11.3. The number of hydrogen-bond donors (Lipinski definition) is 2. The van der Waals surface area contributed by atoms with Gasteiger partial charge in [-0.2, -0.15) is 21.6 Å². The summed E-state index contributed by atoms with van der Waals surface area (Å²) in [6.45, 7) is -0.157. The molecular formula is C6H13F3O4S. The van der Waals surface area contributed by atoms with Crippen molar-refractivity contribution in [2.75, 3.05) is 12.9 Å². The Morgan fingerprint density at radius 3 is 1.79 bits per heavy atom. The van der Waals surface area contributed by atoms with E-state index in [9.17, 15) is 21.6 Å². The fourth-order valence-electron chi connectivity index (χ4n) is 0.437. The normalized spacial score (nSPS) is 11.9. The van der Waals surface area contributed by atoms with E-state index < -0.39 is 22.7 Å². The fraction of sp³-hybridized carbons (Fsp3) is 1.00. The average Bonchev–Trinajstić information content (AvgIpc) is 1.80. The number of aliphatic hydroxyl groups is 1.